The van der Waals surface area contributed by atoms with E-state index in [0.29, 0.717) is 4.47 Å². The van der Waals surface area contributed by atoms with Crippen LogP contribution in [0.5, 0.6) is 5.75 Å². The average Bonchev–Trinajstić information content (AvgIpc) is 2.95. The lowest BCUT2D eigenvalue weighted by Crippen LogP contribution is -2.02. The van der Waals surface area contributed by atoms with Gasteiger partial charge in [0, 0.05) is 0 Å². The third-order valence-electron chi connectivity index (χ3n) is 2.77. The molecule has 0 radical (unpaired) electrons. The van der Waals surface area contributed by atoms with E-state index in [0.717, 1.165) is 24.0 Å². The molecule has 1 N–H and O–H groups in total. The van der Waals surface area contributed by atoms with Crippen LogP contribution >= 0.6 is 15.9 Å². The highest BCUT2D eigenvalue weighted by molar-refractivity contribution is 9.10. The third-order valence-corrected chi connectivity index (χ3v) is 3.38. The van der Waals surface area contributed by atoms with Crippen molar-refractivity contribution in [2.24, 2.45) is 4.99 Å². The zero-order chi connectivity index (χ0) is 11.1. The zero-order valence-electron chi connectivity index (χ0n) is 8.25. The topological polar surface area (TPSA) is 49.7 Å². The van der Waals surface area contributed by atoms with Crippen LogP contribution in [0.25, 0.3) is 0 Å². The summed E-state index contributed by atoms with van der Waals surface area (Å²) < 4.78 is 0.643. The first-order valence-corrected chi connectivity index (χ1v) is 5.47. The fourth-order valence-corrected chi connectivity index (χ4v) is 2.24. The Morgan fingerprint density at radius 2 is 2.20 bits per heavy atom. The first-order valence-electron chi connectivity index (χ1n) is 4.68. The van der Waals surface area contributed by atoms with Gasteiger partial charge in [0.25, 0.3) is 0 Å². The number of phenols is 1. The molecule has 0 heterocycles. The maximum Gasteiger partial charge on any atom is 0.235 e. The number of aryl methyl sites for hydroxylation is 1. The lowest BCUT2D eigenvalue weighted by Gasteiger charge is -2.11. The van der Waals surface area contributed by atoms with Gasteiger partial charge in [0.1, 0.15) is 5.75 Å². The smallest absolute Gasteiger partial charge is 0.235 e. The summed E-state index contributed by atoms with van der Waals surface area (Å²) in [6.07, 6.45) is 3.37. The van der Waals surface area contributed by atoms with Gasteiger partial charge in [-0.3, -0.25) is 0 Å². The maximum atomic E-state index is 10.3. The van der Waals surface area contributed by atoms with Crippen molar-refractivity contribution in [1.82, 2.24) is 0 Å². The van der Waals surface area contributed by atoms with Crippen molar-refractivity contribution in [2.45, 2.75) is 25.3 Å². The van der Waals surface area contributed by atoms with Gasteiger partial charge in [0.2, 0.25) is 6.08 Å². The minimum absolute atomic E-state index is 0.240. The van der Waals surface area contributed by atoms with E-state index in [-0.39, 0.29) is 11.3 Å². The first kappa shape index (κ1) is 10.4. The molecule has 4 heteroatoms. The molecule has 0 unspecified atom stereocenters. The van der Waals surface area contributed by atoms with Crippen molar-refractivity contribution >= 4 is 22.0 Å². The molecule has 0 aromatic heterocycles. The normalized spacial score (nSPS) is 16.9. The molecular formula is C11H10BrNO2. The molecule has 78 valence electrons. The van der Waals surface area contributed by atoms with Gasteiger partial charge in [-0.15, -0.1) is 0 Å². The number of rotatable bonds is 2. The largest absolute Gasteiger partial charge is 0.506 e. The zero-order valence-corrected chi connectivity index (χ0v) is 9.84. The second-order valence-electron chi connectivity index (χ2n) is 3.86. The van der Waals surface area contributed by atoms with Gasteiger partial charge >= 0.3 is 0 Å². The molecule has 0 aliphatic heterocycles. The lowest BCUT2D eigenvalue weighted by molar-refractivity contribution is 0.467. The predicted molar refractivity (Wildman–Crippen MR) is 59.6 cm³/mol. The minimum atomic E-state index is -0.372. The molecule has 0 spiro atoms. The van der Waals surface area contributed by atoms with Gasteiger partial charge in [-0.2, -0.15) is 4.99 Å². The Kier molecular flexibility index (Phi) is 2.41. The summed E-state index contributed by atoms with van der Waals surface area (Å²) in [5, 5.41) is 9.59. The molecule has 2 rings (SSSR count). The molecule has 0 saturated heterocycles. The third kappa shape index (κ3) is 1.71. The van der Waals surface area contributed by atoms with E-state index in [1.807, 2.05) is 19.1 Å². The standard InChI is InChI=1S/C11H10BrNO2/c1-7-4-8(5-9(12)10(7)15)11(2-3-11)13-6-14/h4-5,15H,2-3H2,1H3. The number of benzene rings is 1. The van der Waals surface area contributed by atoms with Crippen LogP contribution < -0.4 is 0 Å². The number of isocyanates is 1. The van der Waals surface area contributed by atoms with E-state index in [1.165, 1.54) is 0 Å². The van der Waals surface area contributed by atoms with Gasteiger partial charge in [0.05, 0.1) is 10.0 Å². The van der Waals surface area contributed by atoms with E-state index >= 15 is 0 Å². The number of nitrogens with zero attached hydrogens (tertiary/aromatic N) is 1. The first-order chi connectivity index (χ1) is 7.09. The van der Waals surface area contributed by atoms with E-state index in [4.69, 9.17) is 0 Å². The van der Waals surface area contributed by atoms with Crippen LogP contribution in [-0.4, -0.2) is 11.2 Å². The Labute approximate surface area is 96.0 Å². The van der Waals surface area contributed by atoms with E-state index in [9.17, 15) is 9.90 Å². The molecule has 15 heavy (non-hydrogen) atoms. The molecule has 1 aliphatic carbocycles. The van der Waals surface area contributed by atoms with Crippen LogP contribution in [-0.2, 0) is 10.3 Å². The van der Waals surface area contributed by atoms with Crippen LogP contribution in [0.1, 0.15) is 24.0 Å². The SMILES string of the molecule is Cc1cc(C2(N=C=O)CC2)cc(Br)c1O. The van der Waals surface area contributed by atoms with Crippen molar-refractivity contribution in [3.05, 3.63) is 27.7 Å². The van der Waals surface area contributed by atoms with Crippen LogP contribution in [0.15, 0.2) is 21.6 Å². The Morgan fingerprint density at radius 1 is 1.53 bits per heavy atom. The van der Waals surface area contributed by atoms with Crippen molar-refractivity contribution in [1.29, 1.82) is 0 Å². The minimum Gasteiger partial charge on any atom is -0.506 e. The Morgan fingerprint density at radius 3 is 2.67 bits per heavy atom. The summed E-state index contributed by atoms with van der Waals surface area (Å²) >= 11 is 3.28. The van der Waals surface area contributed by atoms with Crippen LogP contribution in [0, 0.1) is 6.92 Å². The number of aromatic hydroxyl groups is 1. The second kappa shape index (κ2) is 3.47. The summed E-state index contributed by atoms with van der Waals surface area (Å²) in [4.78, 5) is 14.2. The predicted octanol–water partition coefficient (Wildman–Crippen LogP) is 2.79. The number of hydrogen-bond donors (Lipinski definition) is 1. The van der Waals surface area contributed by atoms with Gasteiger partial charge in [-0.25, -0.2) is 4.79 Å². The molecule has 3 nitrogen and oxygen atoms in total. The molecule has 1 fully saturated rings. The van der Waals surface area contributed by atoms with Gasteiger partial charge in [0.15, 0.2) is 0 Å². The average molecular weight is 268 g/mol. The number of hydrogen-bond acceptors (Lipinski definition) is 3. The fraction of sp³-hybridized carbons (Fsp3) is 0.364. The molecular weight excluding hydrogens is 258 g/mol. The Hall–Kier alpha value is -1.12. The van der Waals surface area contributed by atoms with Crippen molar-refractivity contribution in [3.63, 3.8) is 0 Å². The summed E-state index contributed by atoms with van der Waals surface area (Å²) in [6, 6.07) is 3.68. The monoisotopic (exact) mass is 267 g/mol. The number of halogens is 1. The fourth-order valence-electron chi connectivity index (χ4n) is 1.68. The van der Waals surface area contributed by atoms with Gasteiger partial charge in [-0.1, -0.05) is 0 Å². The molecule has 0 amide bonds. The number of phenolic OH excluding ortho intramolecular Hbond substituents is 1. The summed E-state index contributed by atoms with van der Waals surface area (Å²) in [5.41, 5.74) is 1.38. The molecule has 0 bridgehead atoms. The van der Waals surface area contributed by atoms with Gasteiger partial charge in [-0.05, 0) is 59.0 Å². The maximum absolute atomic E-state index is 10.3. The van der Waals surface area contributed by atoms with Crippen LogP contribution in [0.4, 0.5) is 0 Å². The second-order valence-corrected chi connectivity index (χ2v) is 4.71. The van der Waals surface area contributed by atoms with Crippen LogP contribution in [0.3, 0.4) is 0 Å². The molecule has 1 aliphatic rings. The Balaban J connectivity index is 2.51. The number of aliphatic imine (C=N–C) groups is 1. The van der Waals surface area contributed by atoms with E-state index < -0.39 is 0 Å². The molecule has 1 aromatic rings. The highest BCUT2D eigenvalue weighted by Gasteiger charge is 2.45. The van der Waals surface area contributed by atoms with Crippen LogP contribution in [0.2, 0.25) is 0 Å². The summed E-state index contributed by atoms with van der Waals surface area (Å²) in [5.74, 6) is 0.240. The lowest BCUT2D eigenvalue weighted by atomic mass is 10.0. The molecule has 1 saturated carbocycles. The molecule has 1 aromatic carbocycles. The quantitative estimate of drug-likeness (QED) is 0.662. The summed E-state index contributed by atoms with van der Waals surface area (Å²) in [6.45, 7) is 1.82. The Bertz CT molecular complexity index is 437. The summed E-state index contributed by atoms with van der Waals surface area (Å²) in [7, 11) is 0. The van der Waals surface area contributed by atoms with E-state index in [1.54, 1.807) is 6.08 Å². The van der Waals surface area contributed by atoms with Gasteiger partial charge < -0.3 is 5.11 Å². The molecule has 0 atom stereocenters. The van der Waals surface area contributed by atoms with Crippen molar-refractivity contribution < 1.29 is 9.90 Å². The number of carbonyl (C=O) groups excluding carboxylic acids is 1. The highest BCUT2D eigenvalue weighted by Crippen LogP contribution is 2.50. The van der Waals surface area contributed by atoms with E-state index in [2.05, 4.69) is 20.9 Å². The highest BCUT2D eigenvalue weighted by atomic mass is 79.9. The van der Waals surface area contributed by atoms with Crippen molar-refractivity contribution in [2.75, 3.05) is 0 Å². The van der Waals surface area contributed by atoms with Crippen molar-refractivity contribution in [3.8, 4) is 5.75 Å².